The first-order chi connectivity index (χ1) is 12.8. The summed E-state index contributed by atoms with van der Waals surface area (Å²) in [5.41, 5.74) is 0.580. The lowest BCUT2D eigenvalue weighted by Crippen LogP contribution is -2.51. The third-order valence-electron chi connectivity index (χ3n) is 4.00. The van der Waals surface area contributed by atoms with Gasteiger partial charge in [0, 0.05) is 11.8 Å². The smallest absolute Gasteiger partial charge is 0.361 e. The van der Waals surface area contributed by atoms with E-state index < -0.39 is 29.7 Å². The maximum atomic E-state index is 13.0. The fourth-order valence-electron chi connectivity index (χ4n) is 2.82. The van der Waals surface area contributed by atoms with E-state index in [9.17, 15) is 28.1 Å². The minimum absolute atomic E-state index is 0.136. The molecule has 27 heavy (non-hydrogen) atoms. The van der Waals surface area contributed by atoms with Gasteiger partial charge in [0.05, 0.1) is 16.1 Å². The zero-order chi connectivity index (χ0) is 19.6. The number of amides is 1. The molecule has 2 aromatic carbocycles. The van der Waals surface area contributed by atoms with Crippen molar-refractivity contribution in [1.29, 1.82) is 0 Å². The summed E-state index contributed by atoms with van der Waals surface area (Å²) in [5.74, 6) is -0.765. The lowest BCUT2D eigenvalue weighted by molar-refractivity contribution is -0.385. The summed E-state index contributed by atoms with van der Waals surface area (Å²) in [6.07, 6.45) is -3.05. The summed E-state index contributed by atoms with van der Waals surface area (Å²) in [7, 11) is 0. The lowest BCUT2D eigenvalue weighted by Gasteiger charge is -2.36. The van der Waals surface area contributed by atoms with Gasteiger partial charge in [-0.2, -0.15) is 13.2 Å². The Morgan fingerprint density at radius 2 is 1.81 bits per heavy atom. The van der Waals surface area contributed by atoms with Crippen LogP contribution in [0.25, 0.3) is 6.08 Å². The molecule has 0 spiro atoms. The van der Waals surface area contributed by atoms with Gasteiger partial charge in [-0.15, -0.1) is 0 Å². The fraction of sp³-hybridized carbons (Fsp3) is 0.167. The van der Waals surface area contributed by atoms with Gasteiger partial charge in [0.15, 0.2) is 0 Å². The first-order valence-electron chi connectivity index (χ1n) is 7.91. The molecule has 9 heteroatoms. The van der Waals surface area contributed by atoms with Crippen LogP contribution in [-0.2, 0) is 0 Å². The average Bonchev–Trinajstić information content (AvgIpc) is 2.62. The highest BCUT2D eigenvalue weighted by Gasteiger charge is 2.39. The second-order valence-corrected chi connectivity index (χ2v) is 5.86. The van der Waals surface area contributed by atoms with Gasteiger partial charge in [-0.05, 0) is 30.4 Å². The molecule has 0 unspecified atom stereocenters. The number of nitrogens with zero attached hydrogens (tertiary/aromatic N) is 2. The number of benzene rings is 2. The first kappa shape index (κ1) is 18.4. The molecular formula is C18H14F3N3O3. The Morgan fingerprint density at radius 1 is 1.15 bits per heavy atom. The minimum Gasteiger partial charge on any atom is -0.361 e. The van der Waals surface area contributed by atoms with E-state index in [2.05, 4.69) is 5.32 Å². The molecule has 0 saturated carbocycles. The molecule has 6 nitrogen and oxygen atoms in total. The number of halogens is 3. The van der Waals surface area contributed by atoms with E-state index in [1.165, 1.54) is 36.4 Å². The van der Waals surface area contributed by atoms with Gasteiger partial charge in [0.25, 0.3) is 11.6 Å². The van der Waals surface area contributed by atoms with Crippen molar-refractivity contribution in [3.8, 4) is 0 Å². The Labute approximate surface area is 152 Å². The van der Waals surface area contributed by atoms with Crippen molar-refractivity contribution >= 4 is 23.4 Å². The van der Waals surface area contributed by atoms with Crippen LogP contribution in [0.3, 0.4) is 0 Å². The molecule has 2 aromatic rings. The van der Waals surface area contributed by atoms with Gasteiger partial charge in [0.2, 0.25) is 0 Å². The summed E-state index contributed by atoms with van der Waals surface area (Å²) >= 11 is 0. The highest BCUT2D eigenvalue weighted by Crippen LogP contribution is 2.29. The maximum absolute atomic E-state index is 13.0. The molecule has 1 aliphatic rings. The highest BCUT2D eigenvalue weighted by molar-refractivity contribution is 6.02. The SMILES string of the molecule is O=C1c2ccccc2N[C@@H](/C=C/c2ccccc2[N+](=O)[O-])N1CC(F)(F)F. The van der Waals surface area contributed by atoms with Gasteiger partial charge in [-0.1, -0.05) is 24.3 Å². The molecule has 0 bridgehead atoms. The summed E-state index contributed by atoms with van der Waals surface area (Å²) in [6.45, 7) is -1.45. The molecule has 1 atom stereocenters. The van der Waals surface area contributed by atoms with Crippen LogP contribution in [0.4, 0.5) is 24.5 Å². The Morgan fingerprint density at radius 3 is 2.52 bits per heavy atom. The van der Waals surface area contributed by atoms with Gasteiger partial charge in [-0.25, -0.2) is 0 Å². The van der Waals surface area contributed by atoms with Crippen LogP contribution in [0, 0.1) is 10.1 Å². The zero-order valence-corrected chi connectivity index (χ0v) is 13.8. The Bertz CT molecular complexity index is 912. The van der Waals surface area contributed by atoms with Gasteiger partial charge in [-0.3, -0.25) is 14.9 Å². The standard InChI is InChI=1S/C18H14F3N3O3/c19-18(20,21)11-23-16(22-14-7-3-2-6-13(14)17(23)25)10-9-12-5-1-4-8-15(12)24(26)27/h1-10,16,22H,11H2/b10-9+/t16-/m1/s1. The number of rotatable bonds is 4. The van der Waals surface area contributed by atoms with Crippen molar-refractivity contribution in [3.63, 3.8) is 0 Å². The van der Waals surface area contributed by atoms with Crippen molar-refractivity contribution in [2.24, 2.45) is 0 Å². The number of carbonyl (C=O) groups excluding carboxylic acids is 1. The van der Waals surface area contributed by atoms with Gasteiger partial charge in [0.1, 0.15) is 12.7 Å². The molecular weight excluding hydrogens is 363 g/mol. The topological polar surface area (TPSA) is 75.5 Å². The molecule has 0 saturated heterocycles. The summed E-state index contributed by atoms with van der Waals surface area (Å²) in [6, 6.07) is 12.1. The maximum Gasteiger partial charge on any atom is 0.406 e. The number of nitro groups is 1. The van der Waals surface area contributed by atoms with Crippen LogP contribution in [0.15, 0.2) is 54.6 Å². The van der Waals surface area contributed by atoms with Crippen LogP contribution in [-0.4, -0.2) is 34.6 Å². The normalized spacial score (nSPS) is 16.9. The van der Waals surface area contributed by atoms with Crippen molar-refractivity contribution < 1.29 is 22.9 Å². The third kappa shape index (κ3) is 4.08. The number of hydrogen-bond acceptors (Lipinski definition) is 4. The highest BCUT2D eigenvalue weighted by atomic mass is 19.4. The molecule has 3 rings (SSSR count). The van der Waals surface area contributed by atoms with Crippen molar-refractivity contribution in [3.05, 3.63) is 75.8 Å². The fourth-order valence-corrected chi connectivity index (χ4v) is 2.82. The number of alkyl halides is 3. The van der Waals surface area contributed by atoms with Crippen LogP contribution in [0.5, 0.6) is 0 Å². The first-order valence-corrected chi connectivity index (χ1v) is 7.91. The Hall–Kier alpha value is -3.36. The molecule has 1 N–H and O–H groups in total. The predicted molar refractivity (Wildman–Crippen MR) is 93.1 cm³/mol. The monoisotopic (exact) mass is 377 g/mol. The second-order valence-electron chi connectivity index (χ2n) is 5.86. The van der Waals surface area contributed by atoms with E-state index in [1.807, 2.05) is 0 Å². The van der Waals surface area contributed by atoms with E-state index >= 15 is 0 Å². The molecule has 140 valence electrons. The summed E-state index contributed by atoms with van der Waals surface area (Å²) in [4.78, 5) is 23.7. The molecule has 0 aromatic heterocycles. The average molecular weight is 377 g/mol. The van der Waals surface area contributed by atoms with Crippen LogP contribution >= 0.6 is 0 Å². The largest absolute Gasteiger partial charge is 0.406 e. The van der Waals surface area contributed by atoms with Gasteiger partial charge < -0.3 is 10.2 Å². The van der Waals surface area contributed by atoms with Crippen molar-refractivity contribution in [2.45, 2.75) is 12.3 Å². The van der Waals surface area contributed by atoms with Crippen LogP contribution in [0.2, 0.25) is 0 Å². The molecule has 1 aliphatic heterocycles. The zero-order valence-electron chi connectivity index (χ0n) is 13.8. The van der Waals surface area contributed by atoms with E-state index in [4.69, 9.17) is 0 Å². The number of fused-ring (bicyclic) bond motifs is 1. The summed E-state index contributed by atoms with van der Waals surface area (Å²) < 4.78 is 38.9. The molecule has 0 radical (unpaired) electrons. The Balaban J connectivity index is 1.97. The number of para-hydroxylation sites is 2. The molecule has 0 aliphatic carbocycles. The lowest BCUT2D eigenvalue weighted by atomic mass is 10.1. The van der Waals surface area contributed by atoms with E-state index in [1.54, 1.807) is 24.3 Å². The molecule has 0 fully saturated rings. The number of hydrogen-bond donors (Lipinski definition) is 1. The van der Waals surface area contributed by atoms with Crippen LogP contribution in [0.1, 0.15) is 15.9 Å². The minimum atomic E-state index is -4.59. The van der Waals surface area contributed by atoms with Crippen molar-refractivity contribution in [1.82, 2.24) is 4.90 Å². The van der Waals surface area contributed by atoms with Crippen molar-refractivity contribution in [2.75, 3.05) is 11.9 Å². The molecule has 1 heterocycles. The predicted octanol–water partition coefficient (Wildman–Crippen LogP) is 4.06. The second kappa shape index (κ2) is 7.10. The number of carbonyl (C=O) groups is 1. The van der Waals surface area contributed by atoms with E-state index in [0.717, 1.165) is 0 Å². The van der Waals surface area contributed by atoms with Crippen LogP contribution < -0.4 is 5.32 Å². The van der Waals surface area contributed by atoms with Gasteiger partial charge >= 0.3 is 6.18 Å². The number of nitro benzene ring substituents is 1. The van der Waals surface area contributed by atoms with E-state index in [0.29, 0.717) is 10.6 Å². The molecule has 1 amide bonds. The number of nitrogens with one attached hydrogen (secondary N) is 1. The number of anilines is 1. The summed E-state index contributed by atoms with van der Waals surface area (Å²) in [5, 5.41) is 14.0. The van der Waals surface area contributed by atoms with E-state index in [-0.39, 0.29) is 16.8 Å². The quantitative estimate of drug-likeness (QED) is 0.644. The Kier molecular flexibility index (Phi) is 4.85. The third-order valence-corrected chi connectivity index (χ3v) is 4.00.